The summed E-state index contributed by atoms with van der Waals surface area (Å²) in [5, 5.41) is 0. The normalized spacial score (nSPS) is 30.6. The van der Waals surface area contributed by atoms with Crippen molar-refractivity contribution in [2.45, 2.75) is 25.7 Å². The molecule has 0 aromatic heterocycles. The number of ether oxygens (including phenoxy) is 1. The molecular weight excluding hydrogens is 405 g/mol. The van der Waals surface area contributed by atoms with Crippen LogP contribution < -0.4 is 17.3 Å². The fourth-order valence-electron chi connectivity index (χ4n) is 3.09. The Bertz CT molecular complexity index is 548. The number of hydrogen-bond donors (Lipinski definition) is 1. The molecule has 0 aromatic carbocycles. The molecule has 0 saturated heterocycles. The summed E-state index contributed by atoms with van der Waals surface area (Å²) < 4.78 is 5.89. The number of methoxy groups -OCH3 is 1. The first-order valence-electron chi connectivity index (χ1n) is 6.84. The molecule has 7 heteroatoms. The number of nitrogens with zero attached hydrogens (tertiary/aromatic N) is 2. The van der Waals surface area contributed by atoms with Crippen molar-refractivity contribution < 1.29 is 26.8 Å². The van der Waals surface area contributed by atoms with Crippen molar-refractivity contribution in [3.05, 3.63) is 23.8 Å². The summed E-state index contributed by atoms with van der Waals surface area (Å²) in [5.74, 6) is 0.431. The molecular formula is C14H17ClIN3O2. The molecule has 0 radical (unpaired) electrons. The van der Waals surface area contributed by atoms with Crippen molar-refractivity contribution in [3.63, 3.8) is 0 Å². The summed E-state index contributed by atoms with van der Waals surface area (Å²) >= 11 is 2.28. The number of esters is 1. The molecule has 2 aliphatic heterocycles. The average Bonchev–Trinajstić information content (AvgIpc) is 2.84. The van der Waals surface area contributed by atoms with Crippen molar-refractivity contribution in [1.29, 1.82) is 0 Å². The maximum atomic E-state index is 11.6. The molecule has 2 heterocycles. The molecule has 0 bridgehead atoms. The number of nitrogens with one attached hydrogen (secondary N) is 1. The Morgan fingerprint density at radius 2 is 2.10 bits per heavy atom. The lowest BCUT2D eigenvalue weighted by molar-refractivity contribution is -0.684. The number of hydrogen-bond acceptors (Lipinski definition) is 4. The van der Waals surface area contributed by atoms with Gasteiger partial charge < -0.3 is 17.1 Å². The van der Waals surface area contributed by atoms with Crippen molar-refractivity contribution >= 4 is 38.6 Å². The molecule has 1 saturated carbocycles. The number of amidine groups is 1. The summed E-state index contributed by atoms with van der Waals surface area (Å²) in [6.07, 6.45) is 9.52. The molecule has 3 rings (SSSR count). The Kier molecular flexibility index (Phi) is 5.56. The van der Waals surface area contributed by atoms with E-state index in [2.05, 4.69) is 27.6 Å². The van der Waals surface area contributed by atoms with Crippen LogP contribution in [0, 0.1) is 11.8 Å². The van der Waals surface area contributed by atoms with Gasteiger partial charge in [0, 0.05) is 5.92 Å². The fraction of sp³-hybridized carbons (Fsp3) is 0.500. The van der Waals surface area contributed by atoms with E-state index < -0.39 is 0 Å². The van der Waals surface area contributed by atoms with Crippen LogP contribution in [0.25, 0.3) is 0 Å². The van der Waals surface area contributed by atoms with Crippen LogP contribution in [0.15, 0.2) is 33.8 Å². The van der Waals surface area contributed by atoms with Crippen molar-refractivity contribution in [3.8, 4) is 0 Å². The van der Waals surface area contributed by atoms with Gasteiger partial charge >= 0.3 is 5.97 Å². The minimum Gasteiger partial charge on any atom is -1.00 e. The predicted octanol–water partition coefficient (Wildman–Crippen LogP) is -1.57. The van der Waals surface area contributed by atoms with Crippen LogP contribution in [0.3, 0.4) is 0 Å². The van der Waals surface area contributed by atoms with E-state index in [4.69, 9.17) is 9.73 Å². The molecule has 1 atom stereocenters. The number of rotatable bonds is 2. The number of halogens is 2. The topological polar surface area (TPSA) is 55.5 Å². The standard InChI is InChI=1S/C14H16IN3O2.ClH/c1-20-13(19)10-4-2-9(3-5-10)12-11-8-16-6-7-18(11)14(15)17-12;/h6-10H,2-5H2,1H3;1H. The third kappa shape index (κ3) is 3.22. The van der Waals surface area contributed by atoms with Crippen molar-refractivity contribution in [2.75, 3.05) is 7.11 Å². The Balaban J connectivity index is 0.00000161. The predicted molar refractivity (Wildman–Crippen MR) is 84.5 cm³/mol. The van der Waals surface area contributed by atoms with E-state index in [-0.39, 0.29) is 24.3 Å². The summed E-state index contributed by atoms with van der Waals surface area (Å²) in [4.78, 5) is 21.7. The lowest BCUT2D eigenvalue weighted by atomic mass is 9.80. The third-order valence-corrected chi connectivity index (χ3v) is 5.01. The third-order valence-electron chi connectivity index (χ3n) is 4.19. The molecule has 0 spiro atoms. The highest BCUT2D eigenvalue weighted by Gasteiger charge is 2.37. The van der Waals surface area contributed by atoms with Crippen molar-refractivity contribution in [1.82, 2.24) is 0 Å². The highest BCUT2D eigenvalue weighted by Crippen LogP contribution is 2.36. The van der Waals surface area contributed by atoms with Gasteiger partial charge in [0.2, 0.25) is 0 Å². The van der Waals surface area contributed by atoms with Gasteiger partial charge in [-0.25, -0.2) is 4.90 Å². The van der Waals surface area contributed by atoms with Gasteiger partial charge in [-0.15, -0.1) is 0 Å². The van der Waals surface area contributed by atoms with Gasteiger partial charge in [0.05, 0.1) is 48.0 Å². The second-order valence-corrected chi connectivity index (χ2v) is 6.30. The molecule has 1 unspecified atom stereocenters. The smallest absolute Gasteiger partial charge is 0.308 e. The highest BCUT2D eigenvalue weighted by molar-refractivity contribution is 14.1. The number of carbonyl (C=O) groups excluding carboxylic acids is 1. The summed E-state index contributed by atoms with van der Waals surface area (Å²) in [6, 6.07) is 0. The first-order chi connectivity index (χ1) is 9.70. The molecule has 3 aliphatic rings. The van der Waals surface area contributed by atoms with Gasteiger partial charge in [0.15, 0.2) is 5.70 Å². The summed E-state index contributed by atoms with van der Waals surface area (Å²) in [6.45, 7) is 0. The SMILES string of the molecule is COC(=O)C1CCC(C2=C3C=NC=C[NH+]3C(I)=N2)CC1.[Cl-]. The zero-order valence-electron chi connectivity index (χ0n) is 11.7. The van der Waals surface area contributed by atoms with Gasteiger partial charge in [-0.1, -0.05) is 0 Å². The lowest BCUT2D eigenvalue weighted by Gasteiger charge is -2.26. The maximum Gasteiger partial charge on any atom is 0.308 e. The van der Waals surface area contributed by atoms with Gasteiger partial charge in [-0.05, 0) is 25.7 Å². The van der Waals surface area contributed by atoms with Crippen LogP contribution in [-0.4, -0.2) is 23.1 Å². The number of quaternary nitrogens is 1. The Hall–Kier alpha value is -0.730. The van der Waals surface area contributed by atoms with Gasteiger partial charge in [0.25, 0.3) is 3.84 Å². The average molecular weight is 422 g/mol. The zero-order valence-corrected chi connectivity index (χ0v) is 14.6. The highest BCUT2D eigenvalue weighted by atomic mass is 127. The summed E-state index contributed by atoms with van der Waals surface area (Å²) in [7, 11) is 1.47. The van der Waals surface area contributed by atoms with Crippen LogP contribution in [0.1, 0.15) is 25.7 Å². The van der Waals surface area contributed by atoms with Gasteiger partial charge in [-0.2, -0.15) is 4.99 Å². The van der Waals surface area contributed by atoms with Crippen LogP contribution in [0.4, 0.5) is 0 Å². The number of carbonyl (C=O) groups is 1. The number of allylic oxidation sites excluding steroid dienone is 2. The zero-order chi connectivity index (χ0) is 14.1. The van der Waals surface area contributed by atoms with E-state index in [9.17, 15) is 4.79 Å². The molecule has 1 N–H and O–H groups in total. The second-order valence-electron chi connectivity index (χ2n) is 5.28. The van der Waals surface area contributed by atoms with Gasteiger partial charge in [0.1, 0.15) is 11.9 Å². The molecule has 114 valence electrons. The Morgan fingerprint density at radius 3 is 2.76 bits per heavy atom. The fourth-order valence-corrected chi connectivity index (χ4v) is 3.82. The summed E-state index contributed by atoms with van der Waals surface area (Å²) in [5.41, 5.74) is 2.32. The first kappa shape index (κ1) is 16.6. The number of aliphatic imine (C=N–C) groups is 2. The van der Waals surface area contributed by atoms with Crippen LogP contribution in [0.2, 0.25) is 0 Å². The van der Waals surface area contributed by atoms with E-state index in [0.29, 0.717) is 5.92 Å². The van der Waals surface area contributed by atoms with E-state index in [0.717, 1.165) is 35.2 Å². The molecule has 1 fully saturated rings. The maximum absolute atomic E-state index is 11.6. The quantitative estimate of drug-likeness (QED) is 0.333. The van der Waals surface area contributed by atoms with Gasteiger partial charge in [-0.3, -0.25) is 9.79 Å². The van der Waals surface area contributed by atoms with Crippen molar-refractivity contribution in [2.24, 2.45) is 21.8 Å². The first-order valence-corrected chi connectivity index (χ1v) is 7.92. The van der Waals surface area contributed by atoms with Crippen LogP contribution >= 0.6 is 22.6 Å². The minimum atomic E-state index is -0.0694. The number of fused-ring (bicyclic) bond motifs is 1. The molecule has 0 aromatic rings. The van der Waals surface area contributed by atoms with E-state index in [1.54, 1.807) is 0 Å². The lowest BCUT2D eigenvalue weighted by Crippen LogP contribution is -3.07. The molecule has 5 nitrogen and oxygen atoms in total. The van der Waals surface area contributed by atoms with E-state index in [1.165, 1.54) is 17.7 Å². The van der Waals surface area contributed by atoms with Crippen LogP contribution in [-0.2, 0) is 9.53 Å². The van der Waals surface area contributed by atoms with Crippen LogP contribution in [0.5, 0.6) is 0 Å². The largest absolute Gasteiger partial charge is 1.00 e. The monoisotopic (exact) mass is 421 g/mol. The Morgan fingerprint density at radius 1 is 1.38 bits per heavy atom. The minimum absolute atomic E-state index is 0. The second kappa shape index (κ2) is 7.02. The molecule has 21 heavy (non-hydrogen) atoms. The van der Waals surface area contributed by atoms with E-state index >= 15 is 0 Å². The molecule has 0 amide bonds. The Labute approximate surface area is 143 Å². The molecule has 1 aliphatic carbocycles. The van der Waals surface area contributed by atoms with E-state index in [1.807, 2.05) is 18.6 Å².